The first kappa shape index (κ1) is 34.1. The van der Waals surface area contributed by atoms with E-state index in [1.807, 2.05) is 20.9 Å². The van der Waals surface area contributed by atoms with Crippen LogP contribution in [0.1, 0.15) is 69.8 Å². The molecule has 2 fully saturated rings. The average Bonchev–Trinajstić information content (AvgIpc) is 3.39. The predicted octanol–water partition coefficient (Wildman–Crippen LogP) is 2.91. The molecule has 2 N–H and O–H groups in total. The molecule has 2 aliphatic heterocycles. The molecule has 0 unspecified atom stereocenters. The molecular weight excluding hydrogens is 567 g/mol. The number of amides is 4. The van der Waals surface area contributed by atoms with E-state index >= 15 is 0 Å². The van der Waals surface area contributed by atoms with Crippen LogP contribution in [0.4, 0.5) is 13.2 Å². The maximum absolute atomic E-state index is 13.8. The zero-order valence-corrected chi connectivity index (χ0v) is 25.8. The second-order valence-electron chi connectivity index (χ2n) is 12.8. The molecule has 13 heteroatoms. The highest BCUT2D eigenvalue weighted by Gasteiger charge is 2.40. The van der Waals surface area contributed by atoms with E-state index in [-0.39, 0.29) is 23.8 Å². The zero-order valence-electron chi connectivity index (χ0n) is 25.8. The lowest BCUT2D eigenvalue weighted by atomic mass is 10.0. The molecule has 1 aromatic rings. The minimum atomic E-state index is -4.71. The largest absolute Gasteiger partial charge is 0.483 e. The van der Waals surface area contributed by atoms with Gasteiger partial charge in [-0.25, -0.2) is 0 Å². The number of ether oxygens (including phenoxy) is 1. The molecule has 2 atom stereocenters. The van der Waals surface area contributed by atoms with E-state index in [0.717, 1.165) is 25.2 Å². The van der Waals surface area contributed by atoms with E-state index in [0.29, 0.717) is 38.5 Å². The number of rotatable bonds is 9. The predicted molar refractivity (Wildman–Crippen MR) is 154 cm³/mol. The molecule has 0 spiro atoms. The molecule has 0 aromatic heterocycles. The molecule has 2 saturated heterocycles. The van der Waals surface area contributed by atoms with Crippen LogP contribution >= 0.6 is 0 Å². The SMILES string of the molecule is CC(C)C[C@@H](NC(=O)c1ccc(C(F)(F)F)cc1OCC(=O)NC(C)(C)C)C(=O)N1CCC[C@@H]1C(=O)N1CCN(C)CC1. The van der Waals surface area contributed by atoms with Crippen LogP contribution in [0.3, 0.4) is 0 Å². The Morgan fingerprint density at radius 2 is 1.67 bits per heavy atom. The Morgan fingerprint density at radius 1 is 1.02 bits per heavy atom. The molecule has 10 nitrogen and oxygen atoms in total. The Bertz CT molecular complexity index is 1180. The molecule has 43 heavy (non-hydrogen) atoms. The number of likely N-dealkylation sites (N-methyl/N-ethyl adjacent to an activating group) is 1. The number of hydrogen-bond donors (Lipinski definition) is 2. The summed E-state index contributed by atoms with van der Waals surface area (Å²) in [4.78, 5) is 58.4. The number of alkyl halides is 3. The topological polar surface area (TPSA) is 111 Å². The molecule has 0 radical (unpaired) electrons. The van der Waals surface area contributed by atoms with E-state index in [1.165, 1.54) is 4.90 Å². The number of likely N-dealkylation sites (tertiary alicyclic amines) is 1. The molecule has 0 bridgehead atoms. The van der Waals surface area contributed by atoms with Gasteiger partial charge in [0.2, 0.25) is 11.8 Å². The third-order valence-electron chi connectivity index (χ3n) is 7.37. The summed E-state index contributed by atoms with van der Waals surface area (Å²) in [5.41, 5.74) is -1.89. The van der Waals surface area contributed by atoms with Crippen molar-refractivity contribution in [3.8, 4) is 5.75 Å². The first-order chi connectivity index (χ1) is 20.0. The molecular formula is C30H44F3N5O5. The fourth-order valence-corrected chi connectivity index (χ4v) is 5.26. The normalized spacial score (nSPS) is 18.9. The molecule has 4 amide bonds. The smallest absolute Gasteiger partial charge is 0.416 e. The number of piperazine rings is 1. The third-order valence-corrected chi connectivity index (χ3v) is 7.37. The number of halogens is 3. The van der Waals surface area contributed by atoms with Crippen molar-refractivity contribution in [3.05, 3.63) is 29.3 Å². The van der Waals surface area contributed by atoms with Gasteiger partial charge in [-0.1, -0.05) is 13.8 Å². The van der Waals surface area contributed by atoms with Crippen molar-refractivity contribution in [1.82, 2.24) is 25.3 Å². The van der Waals surface area contributed by atoms with E-state index in [9.17, 15) is 32.3 Å². The number of hydrogen-bond acceptors (Lipinski definition) is 6. The first-order valence-corrected chi connectivity index (χ1v) is 14.7. The van der Waals surface area contributed by atoms with Gasteiger partial charge in [0.25, 0.3) is 11.8 Å². The fourth-order valence-electron chi connectivity index (χ4n) is 5.26. The average molecular weight is 612 g/mol. The summed E-state index contributed by atoms with van der Waals surface area (Å²) in [5, 5.41) is 5.34. The molecule has 3 rings (SSSR count). The minimum absolute atomic E-state index is 0.0203. The number of carbonyl (C=O) groups is 4. The standard InChI is InChI=1S/C30H44F3N5O5/c1-19(2)16-22(27(41)38-11-7-8-23(38)28(42)37-14-12-36(6)13-15-37)34-26(40)21-10-9-20(30(31,32)33)17-24(21)43-18-25(39)35-29(3,4)5/h9-10,17,19,22-23H,7-8,11-16,18H2,1-6H3,(H,34,40)(H,35,39)/t22-,23-/m1/s1. The first-order valence-electron chi connectivity index (χ1n) is 14.7. The van der Waals surface area contributed by atoms with Crippen molar-refractivity contribution >= 4 is 23.6 Å². The van der Waals surface area contributed by atoms with Gasteiger partial charge >= 0.3 is 6.18 Å². The highest BCUT2D eigenvalue weighted by atomic mass is 19.4. The molecule has 1 aromatic carbocycles. The van der Waals surface area contributed by atoms with Gasteiger partial charge in [-0.05, 0) is 71.2 Å². The van der Waals surface area contributed by atoms with Gasteiger partial charge in [0, 0.05) is 38.3 Å². The molecule has 240 valence electrons. The summed E-state index contributed by atoms with van der Waals surface area (Å²) in [6.07, 6.45) is -3.29. The van der Waals surface area contributed by atoms with Crippen LogP contribution in [0.5, 0.6) is 5.75 Å². The van der Waals surface area contributed by atoms with Gasteiger partial charge in [-0.3, -0.25) is 19.2 Å². The van der Waals surface area contributed by atoms with Gasteiger partial charge < -0.3 is 30.1 Å². The van der Waals surface area contributed by atoms with Crippen molar-refractivity contribution in [2.45, 2.75) is 77.7 Å². The van der Waals surface area contributed by atoms with Crippen LogP contribution in [0, 0.1) is 5.92 Å². The van der Waals surface area contributed by atoms with Crippen molar-refractivity contribution in [2.75, 3.05) is 46.4 Å². The molecule has 2 heterocycles. The zero-order chi connectivity index (χ0) is 32.1. The maximum atomic E-state index is 13.8. The number of nitrogens with zero attached hydrogens (tertiary/aromatic N) is 3. The number of benzene rings is 1. The number of carbonyl (C=O) groups excluding carboxylic acids is 4. The van der Waals surface area contributed by atoms with Crippen LogP contribution < -0.4 is 15.4 Å². The van der Waals surface area contributed by atoms with Crippen LogP contribution in [0.2, 0.25) is 0 Å². The molecule has 0 aliphatic carbocycles. The quantitative estimate of drug-likeness (QED) is 0.445. The minimum Gasteiger partial charge on any atom is -0.483 e. The van der Waals surface area contributed by atoms with E-state index < -0.39 is 59.4 Å². The third kappa shape index (κ3) is 9.57. The fraction of sp³-hybridized carbons (Fsp3) is 0.667. The van der Waals surface area contributed by atoms with Crippen molar-refractivity contribution in [3.63, 3.8) is 0 Å². The van der Waals surface area contributed by atoms with Crippen LogP contribution in [-0.2, 0) is 20.6 Å². The Labute approximate surface area is 251 Å². The van der Waals surface area contributed by atoms with Gasteiger partial charge in [-0.2, -0.15) is 13.2 Å². The summed E-state index contributed by atoms with van der Waals surface area (Å²) in [5.74, 6) is -2.37. The summed E-state index contributed by atoms with van der Waals surface area (Å²) < 4.78 is 45.9. The summed E-state index contributed by atoms with van der Waals surface area (Å²) in [6.45, 7) is 11.4. The van der Waals surface area contributed by atoms with Gasteiger partial charge in [0.1, 0.15) is 17.8 Å². The lowest BCUT2D eigenvalue weighted by molar-refractivity contribution is -0.145. The van der Waals surface area contributed by atoms with E-state index in [4.69, 9.17) is 4.74 Å². The Balaban J connectivity index is 1.82. The second-order valence-corrected chi connectivity index (χ2v) is 12.8. The van der Waals surface area contributed by atoms with Crippen LogP contribution in [0.25, 0.3) is 0 Å². The monoisotopic (exact) mass is 611 g/mol. The summed E-state index contributed by atoms with van der Waals surface area (Å²) in [6, 6.07) is 0.744. The van der Waals surface area contributed by atoms with Crippen LogP contribution in [0.15, 0.2) is 18.2 Å². The van der Waals surface area contributed by atoms with Crippen molar-refractivity contribution in [1.29, 1.82) is 0 Å². The lowest BCUT2D eigenvalue weighted by Crippen LogP contribution is -2.56. The van der Waals surface area contributed by atoms with E-state index in [2.05, 4.69) is 15.5 Å². The van der Waals surface area contributed by atoms with Gasteiger partial charge in [0.15, 0.2) is 6.61 Å². The Hall–Kier alpha value is -3.35. The van der Waals surface area contributed by atoms with Gasteiger partial charge in [0.05, 0.1) is 11.1 Å². The Morgan fingerprint density at radius 3 is 2.26 bits per heavy atom. The highest BCUT2D eigenvalue weighted by molar-refractivity contribution is 6.00. The highest BCUT2D eigenvalue weighted by Crippen LogP contribution is 2.33. The summed E-state index contributed by atoms with van der Waals surface area (Å²) in [7, 11) is 1.99. The Kier molecular flexibility index (Phi) is 11.1. The molecule has 0 saturated carbocycles. The summed E-state index contributed by atoms with van der Waals surface area (Å²) >= 11 is 0. The van der Waals surface area contributed by atoms with Crippen molar-refractivity contribution < 1.29 is 37.1 Å². The maximum Gasteiger partial charge on any atom is 0.416 e. The van der Waals surface area contributed by atoms with Crippen molar-refractivity contribution in [2.24, 2.45) is 5.92 Å². The molecule has 2 aliphatic rings. The second kappa shape index (κ2) is 14.0. The number of nitrogens with one attached hydrogen (secondary N) is 2. The van der Waals surface area contributed by atoms with Gasteiger partial charge in [-0.15, -0.1) is 0 Å². The lowest BCUT2D eigenvalue weighted by Gasteiger charge is -2.36. The van der Waals surface area contributed by atoms with E-state index in [1.54, 1.807) is 25.7 Å². The van der Waals surface area contributed by atoms with Crippen LogP contribution in [-0.4, -0.2) is 102 Å².